The fourth-order valence-corrected chi connectivity index (χ4v) is 2.33. The van der Waals surface area contributed by atoms with Gasteiger partial charge in [-0.15, -0.1) is 0 Å². The Kier molecular flexibility index (Phi) is 8.65. The van der Waals surface area contributed by atoms with Crippen molar-refractivity contribution in [1.29, 1.82) is 0 Å². The molecule has 0 heterocycles. The van der Waals surface area contributed by atoms with Gasteiger partial charge in [0.15, 0.2) is 0 Å². The third-order valence-corrected chi connectivity index (χ3v) is 3.64. The number of carbonyl (C=O) groups excluding carboxylic acids is 1. The molecule has 0 bridgehead atoms. The highest BCUT2D eigenvalue weighted by Gasteiger charge is 2.09. The van der Waals surface area contributed by atoms with Crippen molar-refractivity contribution in [3.8, 4) is 11.8 Å². The average molecular weight is 305 g/mol. The van der Waals surface area contributed by atoms with Crippen molar-refractivity contribution in [2.24, 2.45) is 0 Å². The van der Waals surface area contributed by atoms with Gasteiger partial charge >= 0.3 is 0 Å². The van der Waals surface area contributed by atoms with Gasteiger partial charge in [0.1, 0.15) is 0 Å². The maximum Gasteiger partial charge on any atom is 0.252 e. The normalized spacial score (nSPS) is 9.86. The van der Waals surface area contributed by atoms with E-state index in [4.69, 9.17) is 5.11 Å². The first-order chi connectivity index (χ1) is 10.2. The second-order valence-electron chi connectivity index (χ2n) is 4.78. The summed E-state index contributed by atoms with van der Waals surface area (Å²) < 4.78 is 0. The molecule has 21 heavy (non-hydrogen) atoms. The standard InChI is InChI=1S/C17H23NO2S/c1-14-8-9-16(15(13-14)7-3-5-11-19)17(20)18-10-4-6-12-21-2/h8-9,13,19H,4-6,10-12H2,1-2H3,(H,18,20). The number of amides is 1. The van der Waals surface area contributed by atoms with E-state index in [1.54, 1.807) is 0 Å². The van der Waals surface area contributed by atoms with Crippen molar-refractivity contribution < 1.29 is 9.90 Å². The minimum Gasteiger partial charge on any atom is -0.395 e. The Morgan fingerprint density at radius 1 is 1.38 bits per heavy atom. The molecule has 0 atom stereocenters. The zero-order chi connectivity index (χ0) is 15.5. The third-order valence-electron chi connectivity index (χ3n) is 2.94. The summed E-state index contributed by atoms with van der Waals surface area (Å²) >= 11 is 1.82. The molecular weight excluding hydrogens is 282 g/mol. The van der Waals surface area contributed by atoms with Crippen molar-refractivity contribution in [3.63, 3.8) is 0 Å². The summed E-state index contributed by atoms with van der Waals surface area (Å²) in [5.41, 5.74) is 2.40. The minimum absolute atomic E-state index is 0.0375. The van der Waals surface area contributed by atoms with E-state index in [2.05, 4.69) is 23.4 Å². The SMILES string of the molecule is CSCCCCNC(=O)c1ccc(C)cc1C#CCCO. The highest BCUT2D eigenvalue weighted by molar-refractivity contribution is 7.98. The molecule has 0 fully saturated rings. The van der Waals surface area contributed by atoms with Crippen LogP contribution in [0.4, 0.5) is 0 Å². The Morgan fingerprint density at radius 3 is 2.90 bits per heavy atom. The van der Waals surface area contributed by atoms with Crippen molar-refractivity contribution in [2.45, 2.75) is 26.2 Å². The van der Waals surface area contributed by atoms with E-state index in [1.807, 2.05) is 36.9 Å². The first-order valence-corrected chi connectivity index (χ1v) is 8.56. The van der Waals surface area contributed by atoms with Crippen LogP contribution in [0, 0.1) is 18.8 Å². The summed E-state index contributed by atoms with van der Waals surface area (Å²) in [5.74, 6) is 6.89. The van der Waals surface area contributed by atoms with Crippen LogP contribution in [-0.2, 0) is 0 Å². The Balaban J connectivity index is 2.68. The lowest BCUT2D eigenvalue weighted by Crippen LogP contribution is -2.25. The smallest absolute Gasteiger partial charge is 0.252 e. The summed E-state index contributed by atoms with van der Waals surface area (Å²) in [7, 11) is 0. The molecule has 0 aliphatic heterocycles. The highest BCUT2D eigenvalue weighted by Crippen LogP contribution is 2.11. The number of hydrogen-bond donors (Lipinski definition) is 2. The largest absolute Gasteiger partial charge is 0.395 e. The number of rotatable bonds is 7. The van der Waals surface area contributed by atoms with Crippen LogP contribution in [0.2, 0.25) is 0 Å². The average Bonchev–Trinajstić information content (AvgIpc) is 2.47. The van der Waals surface area contributed by atoms with Crippen LogP contribution in [0.5, 0.6) is 0 Å². The van der Waals surface area contributed by atoms with Crippen LogP contribution in [-0.4, -0.2) is 36.2 Å². The van der Waals surface area contributed by atoms with Crippen LogP contribution in [0.1, 0.15) is 40.7 Å². The molecule has 1 aromatic rings. The van der Waals surface area contributed by atoms with Crippen molar-refractivity contribution in [2.75, 3.05) is 25.2 Å². The van der Waals surface area contributed by atoms with Crippen LogP contribution < -0.4 is 5.32 Å². The second-order valence-corrected chi connectivity index (χ2v) is 5.77. The van der Waals surface area contributed by atoms with Crippen LogP contribution in [0.25, 0.3) is 0 Å². The number of aliphatic hydroxyl groups excluding tert-OH is 1. The van der Waals surface area contributed by atoms with Gasteiger partial charge in [-0.2, -0.15) is 11.8 Å². The Hall–Kier alpha value is -1.44. The number of thioether (sulfide) groups is 1. The lowest BCUT2D eigenvalue weighted by Gasteiger charge is -2.07. The van der Waals surface area contributed by atoms with Gasteiger partial charge in [0.2, 0.25) is 0 Å². The molecule has 2 N–H and O–H groups in total. The number of benzene rings is 1. The molecule has 1 amide bonds. The summed E-state index contributed by atoms with van der Waals surface area (Å²) in [6.45, 7) is 2.70. The van der Waals surface area contributed by atoms with Gasteiger partial charge in [-0.1, -0.05) is 17.9 Å². The maximum atomic E-state index is 12.2. The lowest BCUT2D eigenvalue weighted by molar-refractivity contribution is 0.0953. The van der Waals surface area contributed by atoms with Crippen molar-refractivity contribution >= 4 is 17.7 Å². The van der Waals surface area contributed by atoms with E-state index in [0.29, 0.717) is 18.5 Å². The number of aryl methyl sites for hydroxylation is 1. The predicted molar refractivity (Wildman–Crippen MR) is 89.7 cm³/mol. The van der Waals surface area contributed by atoms with Crippen LogP contribution >= 0.6 is 11.8 Å². The molecule has 114 valence electrons. The summed E-state index contributed by atoms with van der Waals surface area (Å²) in [6.07, 6.45) is 4.61. The van der Waals surface area contributed by atoms with Gasteiger partial charge in [0.05, 0.1) is 12.2 Å². The number of aliphatic hydroxyl groups is 1. The molecule has 0 radical (unpaired) electrons. The van der Waals surface area contributed by atoms with Gasteiger partial charge in [0.25, 0.3) is 5.91 Å². The minimum atomic E-state index is -0.0764. The van der Waals surface area contributed by atoms with Gasteiger partial charge in [-0.25, -0.2) is 0 Å². The molecule has 1 aromatic carbocycles. The maximum absolute atomic E-state index is 12.2. The molecule has 0 aliphatic carbocycles. The van der Waals surface area contributed by atoms with Crippen LogP contribution in [0.3, 0.4) is 0 Å². The number of nitrogens with one attached hydrogen (secondary N) is 1. The summed E-state index contributed by atoms with van der Waals surface area (Å²) in [4.78, 5) is 12.2. The fourth-order valence-electron chi connectivity index (χ4n) is 1.84. The quantitative estimate of drug-likeness (QED) is 0.601. The van der Waals surface area contributed by atoms with Gasteiger partial charge in [-0.3, -0.25) is 4.79 Å². The van der Waals surface area contributed by atoms with E-state index < -0.39 is 0 Å². The molecule has 0 saturated heterocycles. The van der Waals surface area contributed by atoms with Gasteiger partial charge in [0, 0.05) is 18.5 Å². The zero-order valence-electron chi connectivity index (χ0n) is 12.7. The molecule has 0 aliphatic rings. The molecular formula is C17H23NO2S. The van der Waals surface area contributed by atoms with E-state index in [1.165, 1.54) is 0 Å². The Morgan fingerprint density at radius 2 is 2.19 bits per heavy atom. The zero-order valence-corrected chi connectivity index (χ0v) is 13.6. The fraction of sp³-hybridized carbons (Fsp3) is 0.471. The first kappa shape index (κ1) is 17.6. The van der Waals surface area contributed by atoms with Gasteiger partial charge in [-0.05, 0) is 49.5 Å². The molecule has 0 aromatic heterocycles. The molecule has 0 saturated carbocycles. The molecule has 0 spiro atoms. The van der Waals surface area contributed by atoms with Crippen molar-refractivity contribution in [3.05, 3.63) is 34.9 Å². The van der Waals surface area contributed by atoms with Crippen LogP contribution in [0.15, 0.2) is 18.2 Å². The molecule has 0 unspecified atom stereocenters. The van der Waals surface area contributed by atoms with E-state index in [0.717, 1.165) is 29.7 Å². The van der Waals surface area contributed by atoms with E-state index >= 15 is 0 Å². The monoisotopic (exact) mass is 305 g/mol. The number of carbonyl (C=O) groups is 1. The third kappa shape index (κ3) is 6.70. The topological polar surface area (TPSA) is 49.3 Å². The number of unbranched alkanes of at least 4 members (excludes halogenated alkanes) is 1. The summed E-state index contributed by atoms with van der Waals surface area (Å²) in [6, 6.07) is 5.64. The van der Waals surface area contributed by atoms with Gasteiger partial charge < -0.3 is 10.4 Å². The molecule has 3 nitrogen and oxygen atoms in total. The highest BCUT2D eigenvalue weighted by atomic mass is 32.2. The van der Waals surface area contributed by atoms with E-state index in [9.17, 15) is 4.79 Å². The predicted octanol–water partition coefficient (Wildman–Crippen LogP) is 2.60. The second kappa shape index (κ2) is 10.3. The summed E-state index contributed by atoms with van der Waals surface area (Å²) in [5, 5.41) is 11.7. The van der Waals surface area contributed by atoms with E-state index in [-0.39, 0.29) is 12.5 Å². The number of hydrogen-bond acceptors (Lipinski definition) is 3. The molecule has 1 rings (SSSR count). The Labute approximate surface area is 131 Å². The lowest BCUT2D eigenvalue weighted by atomic mass is 10.0. The van der Waals surface area contributed by atoms with Crippen molar-refractivity contribution in [1.82, 2.24) is 5.32 Å². The molecule has 4 heteroatoms. The first-order valence-electron chi connectivity index (χ1n) is 7.16. The Bertz CT molecular complexity index is 517.